The Balaban J connectivity index is 1.80. The molecule has 2 saturated heterocycles. The van der Waals surface area contributed by atoms with E-state index < -0.39 is 6.09 Å². The fourth-order valence-electron chi connectivity index (χ4n) is 2.93. The van der Waals surface area contributed by atoms with E-state index in [0.29, 0.717) is 19.8 Å². The highest BCUT2D eigenvalue weighted by Gasteiger charge is 2.29. The maximum atomic E-state index is 12.1. The lowest BCUT2D eigenvalue weighted by atomic mass is 10.1. The van der Waals surface area contributed by atoms with Crippen molar-refractivity contribution in [3.63, 3.8) is 0 Å². The molecule has 0 saturated carbocycles. The van der Waals surface area contributed by atoms with Crippen LogP contribution in [0.25, 0.3) is 0 Å². The van der Waals surface area contributed by atoms with Gasteiger partial charge in [0.25, 0.3) is 0 Å². The fourth-order valence-corrected chi connectivity index (χ4v) is 3.39. The average Bonchev–Trinajstić information content (AvgIpc) is 3.02. The van der Waals surface area contributed by atoms with E-state index in [0.717, 1.165) is 31.9 Å². The van der Waals surface area contributed by atoms with Gasteiger partial charge in [0.1, 0.15) is 5.84 Å². The number of amides is 1. The molecule has 0 aromatic heterocycles. The standard InChI is InChI=1S/C16H28IN3O3/c1-16(2,17)14(20-9-12-22-13-10-20)18-15(21)23-11-5-8-19-6-3-4-7-19/h3-13H2,1-2H3. The molecule has 0 aliphatic carbocycles. The molecule has 0 spiro atoms. The van der Waals surface area contributed by atoms with Crippen LogP contribution in [-0.4, -0.2) is 77.7 Å². The summed E-state index contributed by atoms with van der Waals surface area (Å²) in [7, 11) is 0. The van der Waals surface area contributed by atoms with Crippen LogP contribution in [0.5, 0.6) is 0 Å². The van der Waals surface area contributed by atoms with Gasteiger partial charge in [0.2, 0.25) is 0 Å². The molecule has 2 rings (SSSR count). The normalized spacial score (nSPS) is 20.8. The van der Waals surface area contributed by atoms with Gasteiger partial charge in [0.15, 0.2) is 0 Å². The summed E-state index contributed by atoms with van der Waals surface area (Å²) < 4.78 is 10.5. The molecule has 0 unspecified atom stereocenters. The zero-order valence-electron chi connectivity index (χ0n) is 14.2. The average molecular weight is 437 g/mol. The first-order valence-electron chi connectivity index (χ1n) is 8.47. The molecular weight excluding hydrogens is 409 g/mol. The lowest BCUT2D eigenvalue weighted by Gasteiger charge is -2.34. The Kier molecular flexibility index (Phi) is 7.55. The lowest BCUT2D eigenvalue weighted by molar-refractivity contribution is 0.0665. The van der Waals surface area contributed by atoms with Crippen LogP contribution in [-0.2, 0) is 9.47 Å². The van der Waals surface area contributed by atoms with E-state index in [-0.39, 0.29) is 3.42 Å². The maximum Gasteiger partial charge on any atom is 0.435 e. The number of carbonyl (C=O) groups excluding carboxylic acids is 1. The van der Waals surface area contributed by atoms with Crippen molar-refractivity contribution in [2.45, 2.75) is 36.5 Å². The third kappa shape index (κ3) is 6.54. The van der Waals surface area contributed by atoms with Crippen LogP contribution in [0.15, 0.2) is 4.99 Å². The molecule has 2 aliphatic rings. The predicted octanol–water partition coefficient (Wildman–Crippen LogP) is 2.55. The highest BCUT2D eigenvalue weighted by molar-refractivity contribution is 14.1. The van der Waals surface area contributed by atoms with Gasteiger partial charge >= 0.3 is 6.09 Å². The summed E-state index contributed by atoms with van der Waals surface area (Å²) in [6, 6.07) is 0. The van der Waals surface area contributed by atoms with Crippen molar-refractivity contribution in [2.24, 2.45) is 4.99 Å². The molecule has 0 aromatic carbocycles. The molecule has 2 heterocycles. The molecule has 0 bridgehead atoms. The first-order valence-corrected chi connectivity index (χ1v) is 9.54. The van der Waals surface area contributed by atoms with Gasteiger partial charge in [0, 0.05) is 19.6 Å². The van der Waals surface area contributed by atoms with Gasteiger partial charge in [-0.05, 0) is 46.2 Å². The second-order valence-corrected chi connectivity index (χ2v) is 9.22. The largest absolute Gasteiger partial charge is 0.448 e. The molecule has 0 radical (unpaired) electrons. The Labute approximate surface area is 152 Å². The number of rotatable bonds is 5. The molecule has 132 valence electrons. The number of carbonyl (C=O) groups is 1. The number of amidine groups is 1. The zero-order chi connectivity index (χ0) is 16.7. The number of halogens is 1. The number of likely N-dealkylation sites (tertiary alicyclic amines) is 1. The van der Waals surface area contributed by atoms with Gasteiger partial charge in [-0.25, -0.2) is 4.79 Å². The van der Waals surface area contributed by atoms with Crippen molar-refractivity contribution >= 4 is 34.5 Å². The highest BCUT2D eigenvalue weighted by atomic mass is 127. The van der Waals surface area contributed by atoms with E-state index in [4.69, 9.17) is 9.47 Å². The Morgan fingerprint density at radius 3 is 2.48 bits per heavy atom. The van der Waals surface area contributed by atoms with Gasteiger partial charge in [-0.1, -0.05) is 22.6 Å². The summed E-state index contributed by atoms with van der Waals surface area (Å²) in [5.41, 5.74) is 0. The topological polar surface area (TPSA) is 54.4 Å². The van der Waals surface area contributed by atoms with Crippen molar-refractivity contribution in [1.82, 2.24) is 9.80 Å². The van der Waals surface area contributed by atoms with Crippen molar-refractivity contribution < 1.29 is 14.3 Å². The third-order valence-electron chi connectivity index (χ3n) is 4.08. The van der Waals surface area contributed by atoms with Crippen molar-refractivity contribution in [3.05, 3.63) is 0 Å². The monoisotopic (exact) mass is 437 g/mol. The minimum Gasteiger partial charge on any atom is -0.448 e. The molecule has 0 N–H and O–H groups in total. The number of hydrogen-bond acceptors (Lipinski definition) is 4. The Morgan fingerprint density at radius 2 is 1.87 bits per heavy atom. The second kappa shape index (κ2) is 9.17. The molecular formula is C16H28IN3O3. The number of ether oxygens (including phenoxy) is 2. The predicted molar refractivity (Wildman–Crippen MR) is 99.6 cm³/mol. The van der Waals surface area contributed by atoms with E-state index in [1.807, 2.05) is 0 Å². The SMILES string of the molecule is CC(C)(I)C(=NC(=O)OCCCN1CCCC1)N1CCOCC1. The summed E-state index contributed by atoms with van der Waals surface area (Å²) in [6.07, 6.45) is 2.98. The van der Waals surface area contributed by atoms with E-state index >= 15 is 0 Å². The summed E-state index contributed by atoms with van der Waals surface area (Å²) in [4.78, 5) is 20.8. The van der Waals surface area contributed by atoms with Crippen LogP contribution < -0.4 is 0 Å². The van der Waals surface area contributed by atoms with Crippen LogP contribution in [0.3, 0.4) is 0 Å². The number of nitrogens with zero attached hydrogens (tertiary/aromatic N) is 3. The van der Waals surface area contributed by atoms with Crippen molar-refractivity contribution in [1.29, 1.82) is 0 Å². The number of aliphatic imine (C=N–C) groups is 1. The zero-order valence-corrected chi connectivity index (χ0v) is 16.4. The molecule has 2 aliphatic heterocycles. The van der Waals surface area contributed by atoms with Gasteiger partial charge in [0.05, 0.1) is 23.2 Å². The Bertz CT molecular complexity index is 411. The molecule has 0 atom stereocenters. The summed E-state index contributed by atoms with van der Waals surface area (Å²) >= 11 is 2.32. The van der Waals surface area contributed by atoms with Crippen LogP contribution in [0.1, 0.15) is 33.1 Å². The highest BCUT2D eigenvalue weighted by Crippen LogP contribution is 2.22. The van der Waals surface area contributed by atoms with E-state index in [9.17, 15) is 4.79 Å². The van der Waals surface area contributed by atoms with E-state index in [1.54, 1.807) is 0 Å². The van der Waals surface area contributed by atoms with Crippen LogP contribution in [0, 0.1) is 0 Å². The Morgan fingerprint density at radius 1 is 1.22 bits per heavy atom. The summed E-state index contributed by atoms with van der Waals surface area (Å²) in [5, 5.41) is 0. The first kappa shape index (κ1) is 18.9. The molecule has 1 amide bonds. The lowest BCUT2D eigenvalue weighted by Crippen LogP contribution is -2.48. The van der Waals surface area contributed by atoms with Gasteiger partial charge in [-0.15, -0.1) is 0 Å². The maximum absolute atomic E-state index is 12.1. The van der Waals surface area contributed by atoms with Gasteiger partial charge in [-0.3, -0.25) is 0 Å². The quantitative estimate of drug-likeness (QED) is 0.218. The minimum absolute atomic E-state index is 0.219. The van der Waals surface area contributed by atoms with Crippen LogP contribution in [0.4, 0.5) is 4.79 Å². The minimum atomic E-state index is -0.474. The third-order valence-corrected chi connectivity index (χ3v) is 4.56. The van der Waals surface area contributed by atoms with Crippen LogP contribution >= 0.6 is 22.6 Å². The Hall–Kier alpha value is -0.410. The summed E-state index contributed by atoms with van der Waals surface area (Å²) in [6.45, 7) is 10.8. The van der Waals surface area contributed by atoms with Crippen molar-refractivity contribution in [2.75, 3.05) is 52.5 Å². The van der Waals surface area contributed by atoms with Gasteiger partial charge < -0.3 is 19.3 Å². The molecule has 23 heavy (non-hydrogen) atoms. The molecule has 7 heteroatoms. The molecule has 2 fully saturated rings. The molecule has 6 nitrogen and oxygen atoms in total. The van der Waals surface area contributed by atoms with Crippen molar-refractivity contribution in [3.8, 4) is 0 Å². The van der Waals surface area contributed by atoms with Crippen LogP contribution in [0.2, 0.25) is 0 Å². The smallest absolute Gasteiger partial charge is 0.435 e. The van der Waals surface area contributed by atoms with E-state index in [2.05, 4.69) is 51.2 Å². The second-order valence-electron chi connectivity index (χ2n) is 6.52. The van der Waals surface area contributed by atoms with Gasteiger partial charge in [-0.2, -0.15) is 4.99 Å². The number of hydrogen-bond donors (Lipinski definition) is 0. The molecule has 0 aromatic rings. The fraction of sp³-hybridized carbons (Fsp3) is 0.875. The van der Waals surface area contributed by atoms with E-state index in [1.165, 1.54) is 25.9 Å². The number of morpholine rings is 1. The number of alkyl halides is 1. The first-order chi connectivity index (χ1) is 11.0. The summed E-state index contributed by atoms with van der Waals surface area (Å²) in [5.74, 6) is 0.783.